The number of methoxy groups -OCH3 is 2. The zero-order valence-corrected chi connectivity index (χ0v) is 15.9. The van der Waals surface area contributed by atoms with Gasteiger partial charge in [-0.25, -0.2) is 4.98 Å². The number of ether oxygens (including phenoxy) is 2. The van der Waals surface area contributed by atoms with E-state index in [-0.39, 0.29) is 11.5 Å². The van der Waals surface area contributed by atoms with E-state index in [0.717, 1.165) is 56.3 Å². The Morgan fingerprint density at radius 3 is 2.78 bits per heavy atom. The van der Waals surface area contributed by atoms with Crippen LogP contribution >= 0.6 is 0 Å². The molecule has 2 atom stereocenters. The van der Waals surface area contributed by atoms with Crippen LogP contribution in [0, 0.1) is 5.41 Å². The highest BCUT2D eigenvalue weighted by Gasteiger charge is 2.43. The van der Waals surface area contributed by atoms with Crippen molar-refractivity contribution in [2.24, 2.45) is 5.41 Å². The van der Waals surface area contributed by atoms with Crippen LogP contribution in [0.15, 0.2) is 12.1 Å². The van der Waals surface area contributed by atoms with Gasteiger partial charge in [-0.15, -0.1) is 0 Å². The maximum Gasteiger partial charge on any atom is 0.227 e. The SMILES string of the molecule is COc1cc2nc(N3CCC[C@]4(CNCC[C@@H]4O)C3)nc(N)c2cc1OC. The number of fused-ring (bicyclic) bond motifs is 1. The topological polar surface area (TPSA) is 106 Å². The second-order valence-corrected chi connectivity index (χ2v) is 7.50. The minimum Gasteiger partial charge on any atom is -0.493 e. The van der Waals surface area contributed by atoms with Crippen molar-refractivity contribution >= 4 is 22.7 Å². The number of hydrogen-bond donors (Lipinski definition) is 3. The average Bonchev–Trinajstić information content (AvgIpc) is 2.69. The molecule has 2 fully saturated rings. The van der Waals surface area contributed by atoms with E-state index in [4.69, 9.17) is 20.2 Å². The van der Waals surface area contributed by atoms with Crippen molar-refractivity contribution in [3.63, 3.8) is 0 Å². The molecule has 0 bridgehead atoms. The van der Waals surface area contributed by atoms with Crippen molar-refractivity contribution in [1.82, 2.24) is 15.3 Å². The predicted molar refractivity (Wildman–Crippen MR) is 104 cm³/mol. The molecule has 4 N–H and O–H groups in total. The van der Waals surface area contributed by atoms with Gasteiger partial charge in [0.15, 0.2) is 11.5 Å². The van der Waals surface area contributed by atoms with Gasteiger partial charge in [-0.2, -0.15) is 4.98 Å². The van der Waals surface area contributed by atoms with Gasteiger partial charge in [0.25, 0.3) is 0 Å². The minimum absolute atomic E-state index is 0.152. The number of anilines is 2. The molecule has 8 nitrogen and oxygen atoms in total. The molecule has 2 saturated heterocycles. The number of rotatable bonds is 3. The maximum absolute atomic E-state index is 10.6. The Hall–Kier alpha value is -2.32. The lowest BCUT2D eigenvalue weighted by Crippen LogP contribution is -2.58. The summed E-state index contributed by atoms with van der Waals surface area (Å²) >= 11 is 0. The summed E-state index contributed by atoms with van der Waals surface area (Å²) in [6, 6.07) is 3.63. The van der Waals surface area contributed by atoms with E-state index in [1.807, 2.05) is 6.07 Å². The van der Waals surface area contributed by atoms with Gasteiger partial charge in [0.2, 0.25) is 5.95 Å². The number of nitrogen functional groups attached to an aromatic ring is 1. The van der Waals surface area contributed by atoms with E-state index in [9.17, 15) is 5.11 Å². The molecule has 0 unspecified atom stereocenters. The van der Waals surface area contributed by atoms with Crippen LogP contribution in [0.25, 0.3) is 10.9 Å². The number of nitrogens with two attached hydrogens (primary N) is 1. The Morgan fingerprint density at radius 1 is 1.26 bits per heavy atom. The molecule has 4 rings (SSSR count). The number of benzene rings is 1. The zero-order chi connectivity index (χ0) is 19.0. The van der Waals surface area contributed by atoms with Gasteiger partial charge in [0.05, 0.1) is 25.8 Å². The van der Waals surface area contributed by atoms with E-state index in [2.05, 4.69) is 15.2 Å². The summed E-state index contributed by atoms with van der Waals surface area (Å²) in [5, 5.41) is 14.8. The molecule has 0 saturated carbocycles. The van der Waals surface area contributed by atoms with Crippen LogP contribution in [0.2, 0.25) is 0 Å². The van der Waals surface area contributed by atoms with Crippen molar-refractivity contribution in [1.29, 1.82) is 0 Å². The summed E-state index contributed by atoms with van der Waals surface area (Å²) in [6.45, 7) is 3.26. The summed E-state index contributed by atoms with van der Waals surface area (Å²) in [7, 11) is 3.19. The molecule has 2 aliphatic rings. The summed E-state index contributed by atoms with van der Waals surface area (Å²) in [5.74, 6) is 2.22. The number of piperidine rings is 2. The van der Waals surface area contributed by atoms with Crippen LogP contribution in [0.5, 0.6) is 11.5 Å². The summed E-state index contributed by atoms with van der Waals surface area (Å²) in [6.07, 6.45) is 2.48. The van der Waals surface area contributed by atoms with Crippen LogP contribution in [-0.2, 0) is 0 Å². The molecule has 0 amide bonds. The molecule has 146 valence electrons. The average molecular weight is 373 g/mol. The summed E-state index contributed by atoms with van der Waals surface area (Å²) in [4.78, 5) is 11.4. The van der Waals surface area contributed by atoms with Crippen LogP contribution in [-0.4, -0.2) is 61.6 Å². The van der Waals surface area contributed by atoms with E-state index in [1.54, 1.807) is 20.3 Å². The van der Waals surface area contributed by atoms with Crippen molar-refractivity contribution in [3.05, 3.63) is 12.1 Å². The van der Waals surface area contributed by atoms with Gasteiger partial charge in [0.1, 0.15) is 5.82 Å². The first-order valence-corrected chi connectivity index (χ1v) is 9.39. The van der Waals surface area contributed by atoms with Crippen molar-refractivity contribution < 1.29 is 14.6 Å². The van der Waals surface area contributed by atoms with E-state index in [1.165, 1.54) is 0 Å². The number of aliphatic hydroxyl groups is 1. The van der Waals surface area contributed by atoms with Gasteiger partial charge < -0.3 is 30.5 Å². The fourth-order valence-corrected chi connectivity index (χ4v) is 4.36. The lowest BCUT2D eigenvalue weighted by molar-refractivity contribution is -0.0103. The molecule has 1 aromatic carbocycles. The monoisotopic (exact) mass is 373 g/mol. The Morgan fingerprint density at radius 2 is 2.04 bits per heavy atom. The Bertz CT molecular complexity index is 842. The molecular formula is C19H27N5O3. The lowest BCUT2D eigenvalue weighted by Gasteiger charge is -2.48. The zero-order valence-electron chi connectivity index (χ0n) is 15.9. The Kier molecular flexibility index (Phi) is 4.69. The van der Waals surface area contributed by atoms with E-state index < -0.39 is 0 Å². The number of aliphatic hydroxyl groups excluding tert-OH is 1. The van der Waals surface area contributed by atoms with Gasteiger partial charge >= 0.3 is 0 Å². The Balaban J connectivity index is 1.71. The minimum atomic E-state index is -0.302. The van der Waals surface area contributed by atoms with Crippen molar-refractivity contribution in [2.75, 3.05) is 51.0 Å². The molecule has 27 heavy (non-hydrogen) atoms. The van der Waals surface area contributed by atoms with Crippen LogP contribution in [0.3, 0.4) is 0 Å². The molecule has 2 aliphatic heterocycles. The molecule has 1 spiro atoms. The molecule has 1 aromatic heterocycles. The van der Waals surface area contributed by atoms with Crippen molar-refractivity contribution in [2.45, 2.75) is 25.4 Å². The fourth-order valence-electron chi connectivity index (χ4n) is 4.36. The van der Waals surface area contributed by atoms with Crippen LogP contribution in [0.1, 0.15) is 19.3 Å². The third-order valence-electron chi connectivity index (χ3n) is 5.89. The third kappa shape index (κ3) is 3.12. The van der Waals surface area contributed by atoms with E-state index in [0.29, 0.717) is 23.3 Å². The first-order chi connectivity index (χ1) is 13.1. The highest BCUT2D eigenvalue weighted by Crippen LogP contribution is 2.39. The second kappa shape index (κ2) is 7.01. The van der Waals surface area contributed by atoms with Gasteiger partial charge in [-0.05, 0) is 31.9 Å². The first kappa shape index (κ1) is 18.1. The van der Waals surface area contributed by atoms with Crippen molar-refractivity contribution in [3.8, 4) is 11.5 Å². The highest BCUT2D eigenvalue weighted by atomic mass is 16.5. The molecule has 3 heterocycles. The first-order valence-electron chi connectivity index (χ1n) is 9.39. The maximum atomic E-state index is 10.6. The van der Waals surface area contributed by atoms with E-state index >= 15 is 0 Å². The summed E-state index contributed by atoms with van der Waals surface area (Å²) < 4.78 is 10.7. The molecule has 2 aromatic rings. The van der Waals surface area contributed by atoms with Gasteiger partial charge in [-0.1, -0.05) is 0 Å². The molecule has 0 radical (unpaired) electrons. The standard InChI is InChI=1S/C19H27N5O3/c1-26-14-8-12-13(9-15(14)27-2)22-18(23-17(12)20)24-7-3-5-19(11-24)10-21-6-4-16(19)25/h8-9,16,21,25H,3-7,10-11H2,1-2H3,(H2,20,22,23)/t16-,19-/m0/s1. The summed E-state index contributed by atoms with van der Waals surface area (Å²) in [5.41, 5.74) is 6.81. The van der Waals surface area contributed by atoms with Crippen LogP contribution in [0.4, 0.5) is 11.8 Å². The largest absolute Gasteiger partial charge is 0.493 e. The molecule has 8 heteroatoms. The number of nitrogens with zero attached hydrogens (tertiary/aromatic N) is 3. The molecular weight excluding hydrogens is 346 g/mol. The number of aromatic nitrogens is 2. The van der Waals surface area contributed by atoms with Crippen LogP contribution < -0.4 is 25.4 Å². The smallest absolute Gasteiger partial charge is 0.227 e. The quantitative estimate of drug-likeness (QED) is 0.736. The molecule has 0 aliphatic carbocycles. The lowest BCUT2D eigenvalue weighted by atomic mass is 9.72. The Labute approximate surface area is 158 Å². The van der Waals surface area contributed by atoms with Gasteiger partial charge in [-0.3, -0.25) is 0 Å². The predicted octanol–water partition coefficient (Wildman–Crippen LogP) is 1.17. The third-order valence-corrected chi connectivity index (χ3v) is 5.89. The second-order valence-electron chi connectivity index (χ2n) is 7.50. The number of nitrogens with one attached hydrogen (secondary N) is 1. The number of hydrogen-bond acceptors (Lipinski definition) is 8. The highest BCUT2D eigenvalue weighted by molar-refractivity contribution is 5.91. The normalized spacial score (nSPS) is 25.7. The van der Waals surface area contributed by atoms with Gasteiger partial charge in [0, 0.05) is 36.5 Å². The fraction of sp³-hybridized carbons (Fsp3) is 0.579.